The molecule has 0 spiro atoms. The third-order valence-corrected chi connectivity index (χ3v) is 12.8. The molecule has 1 unspecified atom stereocenters. The standard InChI is InChI=1S/C46H55N11O3/c1-52(2)45(60)40-29-34-30-48-46(51-43(34)57(40)37-5-3-4-6-37)49-41-17-15-38(31-47-41)56-27-25-55(26-28-56)36-13-11-35(12-14-36)54-23-21-53(22-24-54)20-19-32-7-9-33(10-8-32)39-16-18-42(58)50-44(39)59/h7-15,17,29-31,37,39H,3-6,16,18-28H2,1-2H3,(H,50,58,59)(H,47,48,49,51). The van der Waals surface area contributed by atoms with Crippen LogP contribution in [0.15, 0.2) is 79.1 Å². The molecule has 1 saturated carbocycles. The fourth-order valence-electron chi connectivity index (χ4n) is 9.30. The van der Waals surface area contributed by atoms with E-state index in [0.717, 1.165) is 113 Å². The second kappa shape index (κ2) is 17.3. The van der Waals surface area contributed by atoms with E-state index in [0.29, 0.717) is 30.3 Å². The first-order valence-corrected chi connectivity index (χ1v) is 21.6. The van der Waals surface area contributed by atoms with Crippen molar-refractivity contribution < 1.29 is 14.4 Å². The topological polar surface area (TPSA) is 135 Å². The molecule has 4 fully saturated rings. The van der Waals surface area contributed by atoms with Gasteiger partial charge in [0, 0.05) is 108 Å². The summed E-state index contributed by atoms with van der Waals surface area (Å²) in [5.74, 6) is 0.541. The molecule has 1 atom stereocenters. The van der Waals surface area contributed by atoms with Crippen molar-refractivity contribution in [3.05, 3.63) is 95.9 Å². The maximum absolute atomic E-state index is 13.1. The van der Waals surface area contributed by atoms with Crippen LogP contribution in [0, 0.1) is 0 Å². The van der Waals surface area contributed by atoms with Crippen molar-refractivity contribution in [3.63, 3.8) is 0 Å². The van der Waals surface area contributed by atoms with Crippen molar-refractivity contribution in [2.24, 2.45) is 0 Å². The molecule has 9 rings (SSSR count). The molecule has 0 bridgehead atoms. The summed E-state index contributed by atoms with van der Waals surface area (Å²) in [5, 5.41) is 6.63. The van der Waals surface area contributed by atoms with E-state index < -0.39 is 0 Å². The number of fused-ring (bicyclic) bond motifs is 1. The Bertz CT molecular complexity index is 2300. The largest absolute Gasteiger partial charge is 0.369 e. The van der Waals surface area contributed by atoms with Gasteiger partial charge in [-0.2, -0.15) is 4.98 Å². The van der Waals surface area contributed by atoms with Crippen molar-refractivity contribution in [1.82, 2.24) is 34.6 Å². The van der Waals surface area contributed by atoms with Gasteiger partial charge in [0.2, 0.25) is 17.8 Å². The van der Waals surface area contributed by atoms with Crippen LogP contribution in [-0.4, -0.2) is 120 Å². The van der Waals surface area contributed by atoms with E-state index in [-0.39, 0.29) is 29.7 Å². The molecule has 4 aliphatic rings. The minimum atomic E-state index is -0.231. The number of nitrogens with zero attached hydrogens (tertiary/aromatic N) is 9. The van der Waals surface area contributed by atoms with Crippen molar-refractivity contribution in [1.29, 1.82) is 0 Å². The molecule has 14 nitrogen and oxygen atoms in total. The van der Waals surface area contributed by atoms with E-state index in [2.05, 4.69) is 82.2 Å². The van der Waals surface area contributed by atoms with E-state index in [9.17, 15) is 14.4 Å². The predicted octanol–water partition coefficient (Wildman–Crippen LogP) is 5.60. The van der Waals surface area contributed by atoms with Crippen LogP contribution in [0.4, 0.5) is 28.8 Å². The van der Waals surface area contributed by atoms with Gasteiger partial charge in [-0.05, 0) is 79.3 Å². The molecule has 0 radical (unpaired) electrons. The number of anilines is 5. The fourth-order valence-corrected chi connectivity index (χ4v) is 9.30. The monoisotopic (exact) mass is 809 g/mol. The Morgan fingerprint density at radius 3 is 2.02 bits per heavy atom. The van der Waals surface area contributed by atoms with Gasteiger partial charge in [-0.15, -0.1) is 0 Å². The van der Waals surface area contributed by atoms with Gasteiger partial charge in [-0.25, -0.2) is 9.97 Å². The highest BCUT2D eigenvalue weighted by molar-refractivity contribution is 6.01. The van der Waals surface area contributed by atoms with E-state index in [1.165, 1.54) is 16.9 Å². The van der Waals surface area contributed by atoms with Crippen molar-refractivity contribution in [2.45, 2.75) is 56.9 Å². The molecule has 60 heavy (non-hydrogen) atoms. The minimum Gasteiger partial charge on any atom is -0.369 e. The Morgan fingerprint density at radius 2 is 1.40 bits per heavy atom. The molecule has 2 N–H and O–H groups in total. The Balaban J connectivity index is 0.734. The summed E-state index contributed by atoms with van der Waals surface area (Å²) in [6.07, 6.45) is 10.1. The molecule has 3 saturated heterocycles. The number of hydrogen-bond acceptors (Lipinski definition) is 11. The summed E-state index contributed by atoms with van der Waals surface area (Å²) in [6, 6.07) is 23.7. The van der Waals surface area contributed by atoms with Crippen LogP contribution in [0.5, 0.6) is 0 Å². The number of piperidine rings is 1. The molecule has 5 aromatic rings. The Morgan fingerprint density at radius 1 is 0.767 bits per heavy atom. The SMILES string of the molecule is CN(C)C(=O)c1cc2cnc(Nc3ccc(N4CCN(c5ccc(N6CCN(CCc7ccc(C8CCC(=O)NC8=O)cc7)CC6)cc5)CC4)cn3)nc2n1C1CCCC1. The number of carbonyl (C=O) groups is 3. The molecule has 3 aromatic heterocycles. The number of imide groups is 1. The Kier molecular flexibility index (Phi) is 11.4. The highest BCUT2D eigenvalue weighted by Gasteiger charge is 2.29. The quantitative estimate of drug-likeness (QED) is 0.162. The highest BCUT2D eigenvalue weighted by atomic mass is 16.2. The third kappa shape index (κ3) is 8.51. The zero-order valence-corrected chi connectivity index (χ0v) is 34.7. The fraction of sp³-hybridized carbons (Fsp3) is 0.435. The predicted molar refractivity (Wildman–Crippen MR) is 235 cm³/mol. The van der Waals surface area contributed by atoms with Crippen molar-refractivity contribution >= 4 is 57.6 Å². The van der Waals surface area contributed by atoms with Crippen molar-refractivity contribution in [2.75, 3.05) is 93.0 Å². The Hall–Kier alpha value is -6.02. The summed E-state index contributed by atoms with van der Waals surface area (Å²) >= 11 is 0. The summed E-state index contributed by atoms with van der Waals surface area (Å²) in [6.45, 7) is 8.78. The zero-order chi connectivity index (χ0) is 41.2. The average Bonchev–Trinajstić information content (AvgIpc) is 3.95. The van der Waals surface area contributed by atoms with E-state index in [4.69, 9.17) is 9.97 Å². The normalized spacial score (nSPS) is 19.2. The lowest BCUT2D eigenvalue weighted by atomic mass is 9.90. The summed E-state index contributed by atoms with van der Waals surface area (Å²) in [7, 11) is 3.58. The third-order valence-electron chi connectivity index (χ3n) is 12.8. The van der Waals surface area contributed by atoms with E-state index in [1.807, 2.05) is 30.5 Å². The lowest BCUT2D eigenvalue weighted by Crippen LogP contribution is -2.47. The molecular formula is C46H55N11O3. The summed E-state index contributed by atoms with van der Waals surface area (Å²) in [5.41, 5.74) is 7.34. The van der Waals surface area contributed by atoms with Gasteiger partial charge in [-0.1, -0.05) is 37.1 Å². The average molecular weight is 810 g/mol. The number of nitrogens with one attached hydrogen (secondary N) is 2. The second-order valence-corrected chi connectivity index (χ2v) is 16.9. The van der Waals surface area contributed by atoms with Gasteiger partial charge in [-0.3, -0.25) is 24.6 Å². The molecule has 14 heteroatoms. The number of benzene rings is 2. The lowest BCUT2D eigenvalue weighted by Gasteiger charge is -2.38. The minimum absolute atomic E-state index is 0.0183. The van der Waals surface area contributed by atoms with Crippen LogP contribution in [0.1, 0.15) is 72.1 Å². The number of piperazine rings is 2. The molecule has 3 aliphatic heterocycles. The number of pyridine rings is 1. The first-order valence-electron chi connectivity index (χ1n) is 21.6. The molecule has 3 amide bonds. The number of aromatic nitrogens is 4. The van der Waals surface area contributed by atoms with Crippen molar-refractivity contribution in [3.8, 4) is 0 Å². The molecule has 1 aliphatic carbocycles. The molecule has 2 aromatic carbocycles. The maximum Gasteiger partial charge on any atom is 0.270 e. The number of rotatable bonds is 11. The van der Waals surface area contributed by atoms with Gasteiger partial charge in [0.15, 0.2) is 0 Å². The lowest BCUT2D eigenvalue weighted by molar-refractivity contribution is -0.134. The van der Waals surface area contributed by atoms with Crippen LogP contribution in [0.25, 0.3) is 11.0 Å². The van der Waals surface area contributed by atoms with Gasteiger partial charge >= 0.3 is 0 Å². The number of amides is 3. The molecule has 312 valence electrons. The zero-order valence-electron chi connectivity index (χ0n) is 34.7. The number of carbonyl (C=O) groups excluding carboxylic acids is 3. The van der Waals surface area contributed by atoms with Gasteiger partial charge < -0.3 is 29.5 Å². The molecule has 6 heterocycles. The summed E-state index contributed by atoms with van der Waals surface area (Å²) < 4.78 is 2.13. The van der Waals surface area contributed by atoms with Crippen LogP contribution in [0.2, 0.25) is 0 Å². The number of hydrogen-bond donors (Lipinski definition) is 2. The maximum atomic E-state index is 13.1. The molecular weight excluding hydrogens is 755 g/mol. The second-order valence-electron chi connectivity index (χ2n) is 16.9. The van der Waals surface area contributed by atoms with Crippen LogP contribution < -0.4 is 25.3 Å². The van der Waals surface area contributed by atoms with Gasteiger partial charge in [0.05, 0.1) is 17.8 Å². The van der Waals surface area contributed by atoms with E-state index >= 15 is 0 Å². The van der Waals surface area contributed by atoms with Crippen LogP contribution in [0.3, 0.4) is 0 Å². The Labute approximate surface area is 351 Å². The van der Waals surface area contributed by atoms with Gasteiger partial charge in [0.25, 0.3) is 5.91 Å². The highest BCUT2D eigenvalue weighted by Crippen LogP contribution is 2.35. The van der Waals surface area contributed by atoms with E-state index in [1.54, 1.807) is 25.2 Å². The first-order chi connectivity index (χ1) is 29.3. The smallest absolute Gasteiger partial charge is 0.270 e. The summed E-state index contributed by atoms with van der Waals surface area (Å²) in [4.78, 5) is 62.5. The van der Waals surface area contributed by atoms with Crippen LogP contribution in [-0.2, 0) is 16.0 Å². The van der Waals surface area contributed by atoms with Crippen LogP contribution >= 0.6 is 0 Å². The first kappa shape index (κ1) is 39.4. The van der Waals surface area contributed by atoms with Gasteiger partial charge in [0.1, 0.15) is 17.2 Å².